The fourth-order valence-electron chi connectivity index (χ4n) is 2.29. The summed E-state index contributed by atoms with van der Waals surface area (Å²) in [5.41, 5.74) is 1.93. The number of phenolic OH excluding ortho intramolecular Hbond substituents is 2. The zero-order valence-corrected chi connectivity index (χ0v) is 13.2. The minimum atomic E-state index is -3.75. The molecule has 0 spiro atoms. The molecule has 0 aromatic heterocycles. The molecule has 112 valence electrons. The summed E-state index contributed by atoms with van der Waals surface area (Å²) in [6, 6.07) is 5.97. The van der Waals surface area contributed by atoms with Crippen LogP contribution in [0.3, 0.4) is 0 Å². The largest absolute Gasteiger partial charge is 0.508 e. The first-order valence-corrected chi connectivity index (χ1v) is 7.99. The molecule has 2 aromatic rings. The van der Waals surface area contributed by atoms with Crippen molar-refractivity contribution in [3.63, 3.8) is 0 Å². The van der Waals surface area contributed by atoms with E-state index in [1.165, 1.54) is 18.2 Å². The van der Waals surface area contributed by atoms with Crippen molar-refractivity contribution in [2.24, 2.45) is 0 Å². The second-order valence-electron chi connectivity index (χ2n) is 5.26. The Bertz CT molecular complexity index is 813. The van der Waals surface area contributed by atoms with Crippen LogP contribution in [0, 0.1) is 27.7 Å². The molecule has 0 amide bonds. The second-order valence-corrected chi connectivity index (χ2v) is 7.15. The van der Waals surface area contributed by atoms with Crippen LogP contribution in [0.5, 0.6) is 11.5 Å². The van der Waals surface area contributed by atoms with E-state index in [9.17, 15) is 18.6 Å². The average Bonchev–Trinajstić information content (AvgIpc) is 2.39. The van der Waals surface area contributed by atoms with Gasteiger partial charge in [-0.05, 0) is 62.6 Å². The smallest absolute Gasteiger partial charge is 0.207 e. The van der Waals surface area contributed by atoms with Gasteiger partial charge in [0.1, 0.15) is 11.5 Å². The van der Waals surface area contributed by atoms with Gasteiger partial charge in [-0.25, -0.2) is 8.42 Å². The highest BCUT2D eigenvalue weighted by Crippen LogP contribution is 2.34. The van der Waals surface area contributed by atoms with Gasteiger partial charge in [0.05, 0.1) is 9.79 Å². The van der Waals surface area contributed by atoms with E-state index < -0.39 is 9.84 Å². The lowest BCUT2D eigenvalue weighted by Gasteiger charge is -2.13. The number of aromatic hydroxyl groups is 2. The van der Waals surface area contributed by atoms with Crippen molar-refractivity contribution in [1.82, 2.24) is 0 Å². The number of rotatable bonds is 2. The van der Waals surface area contributed by atoms with Crippen LogP contribution in [-0.2, 0) is 9.84 Å². The van der Waals surface area contributed by atoms with Crippen molar-refractivity contribution in [3.05, 3.63) is 46.5 Å². The zero-order valence-electron chi connectivity index (χ0n) is 12.4. The Morgan fingerprint density at radius 3 is 2.05 bits per heavy atom. The van der Waals surface area contributed by atoms with E-state index in [1.54, 1.807) is 33.8 Å². The van der Waals surface area contributed by atoms with E-state index >= 15 is 0 Å². The van der Waals surface area contributed by atoms with Crippen LogP contribution >= 0.6 is 0 Å². The molecule has 0 unspecified atom stereocenters. The number of hydrogen-bond acceptors (Lipinski definition) is 4. The molecule has 2 aromatic carbocycles. The maximum atomic E-state index is 12.8. The second kappa shape index (κ2) is 5.07. The normalized spacial score (nSPS) is 11.6. The lowest BCUT2D eigenvalue weighted by Crippen LogP contribution is -2.07. The highest BCUT2D eigenvalue weighted by atomic mass is 32.2. The molecule has 0 saturated carbocycles. The van der Waals surface area contributed by atoms with Crippen LogP contribution in [0.2, 0.25) is 0 Å². The minimum Gasteiger partial charge on any atom is -0.508 e. The molecule has 21 heavy (non-hydrogen) atoms. The van der Waals surface area contributed by atoms with Gasteiger partial charge in [-0.1, -0.05) is 6.07 Å². The summed E-state index contributed by atoms with van der Waals surface area (Å²) in [4.78, 5) is 0.225. The van der Waals surface area contributed by atoms with Crippen LogP contribution in [0.25, 0.3) is 0 Å². The Kier molecular flexibility index (Phi) is 3.72. The number of sulfone groups is 1. The third-order valence-corrected chi connectivity index (χ3v) is 5.70. The summed E-state index contributed by atoms with van der Waals surface area (Å²) in [5.74, 6) is 0.0548. The standard InChI is InChI=1S/C16H18O4S/c1-9-5-6-14(12(4)16(9)18)21(19,20)15-8-10(2)13(17)7-11(15)3/h5-8,17-18H,1-4H3. The SMILES string of the molecule is Cc1cc(S(=O)(=O)c2ccc(C)c(O)c2C)c(C)cc1O. The molecule has 5 heteroatoms. The number of hydrogen-bond donors (Lipinski definition) is 2. The molecular formula is C16H18O4S. The van der Waals surface area contributed by atoms with Gasteiger partial charge in [-0.3, -0.25) is 0 Å². The zero-order chi connectivity index (χ0) is 15.9. The van der Waals surface area contributed by atoms with Crippen molar-refractivity contribution in [2.75, 3.05) is 0 Å². The third-order valence-electron chi connectivity index (χ3n) is 3.66. The fourth-order valence-corrected chi connectivity index (χ4v) is 4.09. The lowest BCUT2D eigenvalue weighted by molar-refractivity contribution is 0.464. The molecule has 0 aliphatic heterocycles. The first kappa shape index (κ1) is 15.4. The van der Waals surface area contributed by atoms with Gasteiger partial charge < -0.3 is 10.2 Å². The van der Waals surface area contributed by atoms with Crippen molar-refractivity contribution in [3.8, 4) is 11.5 Å². The topological polar surface area (TPSA) is 74.6 Å². The van der Waals surface area contributed by atoms with Gasteiger partial charge in [0.15, 0.2) is 0 Å². The van der Waals surface area contributed by atoms with E-state index in [4.69, 9.17) is 0 Å². The summed E-state index contributed by atoms with van der Waals surface area (Å²) < 4.78 is 25.6. The van der Waals surface area contributed by atoms with Crippen molar-refractivity contribution < 1.29 is 18.6 Å². The molecule has 4 nitrogen and oxygen atoms in total. The molecular weight excluding hydrogens is 288 g/mol. The van der Waals surface area contributed by atoms with E-state index in [0.29, 0.717) is 22.3 Å². The Hall–Kier alpha value is -2.01. The van der Waals surface area contributed by atoms with Crippen LogP contribution in [0.15, 0.2) is 34.1 Å². The molecule has 0 fully saturated rings. The number of aryl methyl sites for hydroxylation is 3. The quantitative estimate of drug-likeness (QED) is 0.893. The van der Waals surface area contributed by atoms with E-state index in [0.717, 1.165) is 0 Å². The van der Waals surface area contributed by atoms with Gasteiger partial charge in [0.25, 0.3) is 0 Å². The monoisotopic (exact) mass is 306 g/mol. The van der Waals surface area contributed by atoms with E-state index in [2.05, 4.69) is 0 Å². The van der Waals surface area contributed by atoms with Gasteiger partial charge in [0.2, 0.25) is 9.84 Å². The highest BCUT2D eigenvalue weighted by Gasteiger charge is 2.24. The first-order valence-electron chi connectivity index (χ1n) is 6.50. The maximum Gasteiger partial charge on any atom is 0.207 e. The van der Waals surface area contributed by atoms with Crippen molar-refractivity contribution >= 4 is 9.84 Å². The number of benzene rings is 2. The summed E-state index contributed by atoms with van der Waals surface area (Å²) >= 11 is 0. The Labute approximate surface area is 124 Å². The van der Waals surface area contributed by atoms with Crippen LogP contribution in [-0.4, -0.2) is 18.6 Å². The first-order chi connectivity index (χ1) is 9.66. The van der Waals surface area contributed by atoms with Gasteiger partial charge in [-0.2, -0.15) is 0 Å². The fraction of sp³-hybridized carbons (Fsp3) is 0.250. The molecule has 0 heterocycles. The minimum absolute atomic E-state index is 0.00997. The Balaban J connectivity index is 2.75. The third kappa shape index (κ3) is 2.49. The Morgan fingerprint density at radius 1 is 0.810 bits per heavy atom. The Morgan fingerprint density at radius 2 is 1.43 bits per heavy atom. The number of phenols is 2. The van der Waals surface area contributed by atoms with E-state index in [-0.39, 0.29) is 21.3 Å². The van der Waals surface area contributed by atoms with Crippen LogP contribution in [0.4, 0.5) is 0 Å². The van der Waals surface area contributed by atoms with Crippen molar-refractivity contribution in [1.29, 1.82) is 0 Å². The van der Waals surface area contributed by atoms with Crippen LogP contribution < -0.4 is 0 Å². The van der Waals surface area contributed by atoms with Gasteiger partial charge in [0, 0.05) is 5.56 Å². The van der Waals surface area contributed by atoms with Gasteiger partial charge >= 0.3 is 0 Å². The summed E-state index contributed by atoms with van der Waals surface area (Å²) in [5, 5.41) is 19.6. The van der Waals surface area contributed by atoms with E-state index in [1.807, 2.05) is 0 Å². The molecule has 0 saturated heterocycles. The molecule has 2 rings (SSSR count). The lowest BCUT2D eigenvalue weighted by atomic mass is 10.1. The molecule has 0 atom stereocenters. The summed E-state index contributed by atoms with van der Waals surface area (Å²) in [6.45, 7) is 6.58. The highest BCUT2D eigenvalue weighted by molar-refractivity contribution is 7.91. The van der Waals surface area contributed by atoms with Crippen molar-refractivity contribution in [2.45, 2.75) is 37.5 Å². The summed E-state index contributed by atoms with van der Waals surface area (Å²) in [6.07, 6.45) is 0. The maximum absolute atomic E-state index is 12.8. The van der Waals surface area contributed by atoms with Gasteiger partial charge in [-0.15, -0.1) is 0 Å². The molecule has 0 aliphatic rings. The predicted molar refractivity (Wildman–Crippen MR) is 80.6 cm³/mol. The average molecular weight is 306 g/mol. The molecule has 0 radical (unpaired) electrons. The molecule has 0 aliphatic carbocycles. The molecule has 2 N–H and O–H groups in total. The predicted octanol–water partition coefficient (Wildman–Crippen LogP) is 3.16. The summed E-state index contributed by atoms with van der Waals surface area (Å²) in [7, 11) is -3.75. The molecule has 0 bridgehead atoms. The van der Waals surface area contributed by atoms with Crippen LogP contribution in [0.1, 0.15) is 22.3 Å².